The van der Waals surface area contributed by atoms with Gasteiger partial charge in [0.15, 0.2) is 11.8 Å². The van der Waals surface area contributed by atoms with E-state index in [-0.39, 0.29) is 6.04 Å². The zero-order chi connectivity index (χ0) is 23.0. The molecule has 2 aromatic carbocycles. The van der Waals surface area contributed by atoms with E-state index in [1.807, 2.05) is 59.7 Å². The number of nitrogens with one attached hydrogen (secondary N) is 2. The Morgan fingerprint density at radius 3 is 2.45 bits per heavy atom. The highest BCUT2D eigenvalue weighted by molar-refractivity contribution is 5.80. The van der Waals surface area contributed by atoms with E-state index < -0.39 is 0 Å². The Balaban J connectivity index is 1.52. The molecule has 0 saturated carbocycles. The minimum absolute atomic E-state index is 0.0954. The topological polar surface area (TPSA) is 85.0 Å². The molecule has 1 unspecified atom stereocenters. The van der Waals surface area contributed by atoms with Crippen molar-refractivity contribution in [2.24, 2.45) is 12.0 Å². The average Bonchev–Trinajstić information content (AvgIpc) is 3.47. The number of hydrogen-bond acceptors (Lipinski definition) is 4. The van der Waals surface area contributed by atoms with Gasteiger partial charge >= 0.3 is 0 Å². The van der Waals surface area contributed by atoms with Crippen molar-refractivity contribution >= 4 is 5.96 Å². The zero-order valence-corrected chi connectivity index (χ0v) is 19.3. The van der Waals surface area contributed by atoms with Gasteiger partial charge in [0.05, 0.1) is 25.7 Å². The minimum atomic E-state index is 0.0954. The van der Waals surface area contributed by atoms with Gasteiger partial charge in [-0.1, -0.05) is 54.6 Å². The summed E-state index contributed by atoms with van der Waals surface area (Å²) in [7, 11) is 1.97. The highest BCUT2D eigenvalue weighted by atomic mass is 15.3. The van der Waals surface area contributed by atoms with Crippen LogP contribution in [0.3, 0.4) is 0 Å². The van der Waals surface area contributed by atoms with Gasteiger partial charge in [-0.05, 0) is 36.6 Å². The lowest BCUT2D eigenvalue weighted by Crippen LogP contribution is -2.39. The zero-order valence-electron chi connectivity index (χ0n) is 19.3. The van der Waals surface area contributed by atoms with Crippen LogP contribution in [0, 0.1) is 6.92 Å². The first-order valence-electron chi connectivity index (χ1n) is 11.1. The molecule has 0 aliphatic carbocycles. The Labute approximate surface area is 194 Å². The number of aromatic nitrogens is 5. The van der Waals surface area contributed by atoms with Crippen molar-refractivity contribution in [3.8, 4) is 0 Å². The van der Waals surface area contributed by atoms with E-state index in [0.29, 0.717) is 19.6 Å². The molecule has 2 N–H and O–H groups in total. The number of nitrogens with zero attached hydrogens (tertiary/aromatic N) is 6. The van der Waals surface area contributed by atoms with Crippen LogP contribution in [0.15, 0.2) is 78.0 Å². The molecule has 4 rings (SSSR count). The first kappa shape index (κ1) is 22.3. The van der Waals surface area contributed by atoms with E-state index in [0.717, 1.165) is 23.2 Å². The summed E-state index contributed by atoms with van der Waals surface area (Å²) in [6.07, 6.45) is 3.77. The summed E-state index contributed by atoms with van der Waals surface area (Å²) in [6, 6.07) is 20.7. The van der Waals surface area contributed by atoms with Crippen molar-refractivity contribution in [3.63, 3.8) is 0 Å². The number of rotatable bonds is 8. The highest BCUT2D eigenvalue weighted by Gasteiger charge is 2.11. The third-order valence-corrected chi connectivity index (χ3v) is 5.67. The van der Waals surface area contributed by atoms with Crippen molar-refractivity contribution in [1.29, 1.82) is 0 Å². The van der Waals surface area contributed by atoms with E-state index >= 15 is 0 Å². The second kappa shape index (κ2) is 10.6. The molecule has 0 aliphatic rings. The molecule has 0 aliphatic heterocycles. The second-order valence-corrected chi connectivity index (χ2v) is 7.99. The molecule has 8 heteroatoms. The maximum Gasteiger partial charge on any atom is 0.192 e. The molecular formula is C25H30N8. The normalized spacial score (nSPS) is 12.5. The lowest BCUT2D eigenvalue weighted by atomic mass is 10.1. The molecule has 33 heavy (non-hydrogen) atoms. The molecule has 2 heterocycles. The fraction of sp³-hybridized carbons (Fsp3) is 0.280. The van der Waals surface area contributed by atoms with Gasteiger partial charge in [0.25, 0.3) is 0 Å². The van der Waals surface area contributed by atoms with Crippen LogP contribution in [0.2, 0.25) is 0 Å². The Morgan fingerprint density at radius 2 is 1.76 bits per heavy atom. The van der Waals surface area contributed by atoms with Gasteiger partial charge in [-0.15, -0.1) is 10.2 Å². The van der Waals surface area contributed by atoms with Crippen LogP contribution in [0.1, 0.15) is 41.3 Å². The standard InChI is InChI=1S/C25H30N8/c1-19(21-10-5-4-6-11-21)29-25(27-17-24-31-30-20(2)32(24)3)26-16-22-12-7-8-13-23(22)18-33-15-9-14-28-33/h4-15,19H,16-18H2,1-3H3,(H2,26,27,29). The van der Waals surface area contributed by atoms with Gasteiger partial charge in [-0.25, -0.2) is 4.99 Å². The van der Waals surface area contributed by atoms with Crippen LogP contribution in [0.25, 0.3) is 0 Å². The van der Waals surface area contributed by atoms with Crippen LogP contribution in [0.4, 0.5) is 0 Å². The molecule has 1 atom stereocenters. The fourth-order valence-electron chi connectivity index (χ4n) is 3.55. The maximum absolute atomic E-state index is 4.91. The lowest BCUT2D eigenvalue weighted by molar-refractivity contribution is 0.661. The second-order valence-electron chi connectivity index (χ2n) is 7.99. The van der Waals surface area contributed by atoms with Gasteiger partial charge < -0.3 is 15.2 Å². The SMILES string of the molecule is Cc1nnc(CNC(=NCc2ccccc2Cn2cccn2)NC(C)c2ccccc2)n1C. The predicted octanol–water partition coefficient (Wildman–Crippen LogP) is 3.36. The van der Waals surface area contributed by atoms with E-state index in [1.165, 1.54) is 11.1 Å². The van der Waals surface area contributed by atoms with Crippen LogP contribution < -0.4 is 10.6 Å². The summed E-state index contributed by atoms with van der Waals surface area (Å²) in [4.78, 5) is 4.91. The summed E-state index contributed by atoms with van der Waals surface area (Å²) in [5, 5.41) is 19.7. The van der Waals surface area contributed by atoms with Crippen LogP contribution in [-0.4, -0.2) is 30.5 Å². The first-order chi connectivity index (χ1) is 16.1. The average molecular weight is 443 g/mol. The molecular weight excluding hydrogens is 412 g/mol. The fourth-order valence-corrected chi connectivity index (χ4v) is 3.55. The van der Waals surface area contributed by atoms with Crippen molar-refractivity contribution in [2.75, 3.05) is 0 Å². The van der Waals surface area contributed by atoms with Gasteiger partial charge in [-0.3, -0.25) is 4.68 Å². The van der Waals surface area contributed by atoms with Gasteiger partial charge in [-0.2, -0.15) is 5.10 Å². The van der Waals surface area contributed by atoms with Crippen LogP contribution >= 0.6 is 0 Å². The smallest absolute Gasteiger partial charge is 0.192 e. The monoisotopic (exact) mass is 442 g/mol. The molecule has 0 fully saturated rings. The molecule has 2 aromatic heterocycles. The Bertz CT molecular complexity index is 1180. The van der Waals surface area contributed by atoms with Crippen molar-refractivity contribution in [1.82, 2.24) is 35.2 Å². The summed E-state index contributed by atoms with van der Waals surface area (Å²) in [6.45, 7) is 5.86. The molecule has 170 valence electrons. The molecule has 8 nitrogen and oxygen atoms in total. The molecule has 0 saturated heterocycles. The highest BCUT2D eigenvalue weighted by Crippen LogP contribution is 2.13. The van der Waals surface area contributed by atoms with E-state index in [2.05, 4.69) is 63.2 Å². The molecule has 0 spiro atoms. The number of hydrogen-bond donors (Lipinski definition) is 2. The quantitative estimate of drug-likeness (QED) is 0.323. The molecule has 0 amide bonds. The molecule has 0 radical (unpaired) electrons. The summed E-state index contributed by atoms with van der Waals surface area (Å²) in [5.41, 5.74) is 3.56. The van der Waals surface area contributed by atoms with Crippen LogP contribution in [-0.2, 0) is 26.7 Å². The minimum Gasteiger partial charge on any atom is -0.350 e. The Hall–Kier alpha value is -3.94. The van der Waals surface area contributed by atoms with Crippen molar-refractivity contribution in [2.45, 2.75) is 39.5 Å². The maximum atomic E-state index is 4.91. The Morgan fingerprint density at radius 1 is 1.00 bits per heavy atom. The number of aliphatic imine (C=N–C) groups is 1. The van der Waals surface area contributed by atoms with E-state index in [9.17, 15) is 0 Å². The molecule has 0 bridgehead atoms. The Kier molecular flexibility index (Phi) is 7.14. The molecule has 4 aromatic rings. The number of guanidine groups is 1. The lowest BCUT2D eigenvalue weighted by Gasteiger charge is -2.19. The van der Waals surface area contributed by atoms with Gasteiger partial charge in [0.1, 0.15) is 5.82 Å². The third-order valence-electron chi connectivity index (χ3n) is 5.67. The van der Waals surface area contributed by atoms with E-state index in [1.54, 1.807) is 6.20 Å². The van der Waals surface area contributed by atoms with E-state index in [4.69, 9.17) is 4.99 Å². The largest absolute Gasteiger partial charge is 0.350 e. The number of aryl methyl sites for hydroxylation is 1. The summed E-state index contributed by atoms with van der Waals surface area (Å²) in [5.74, 6) is 2.46. The van der Waals surface area contributed by atoms with Gasteiger partial charge in [0, 0.05) is 19.4 Å². The van der Waals surface area contributed by atoms with Crippen molar-refractivity contribution < 1.29 is 0 Å². The van der Waals surface area contributed by atoms with Gasteiger partial charge in [0.2, 0.25) is 0 Å². The predicted molar refractivity (Wildman–Crippen MR) is 129 cm³/mol. The summed E-state index contributed by atoms with van der Waals surface area (Å²) < 4.78 is 3.90. The van der Waals surface area contributed by atoms with Crippen LogP contribution in [0.5, 0.6) is 0 Å². The number of benzene rings is 2. The summed E-state index contributed by atoms with van der Waals surface area (Å²) >= 11 is 0. The van der Waals surface area contributed by atoms with Crippen molar-refractivity contribution in [3.05, 3.63) is 101 Å². The first-order valence-corrected chi connectivity index (χ1v) is 11.1. The third kappa shape index (κ3) is 5.85.